The van der Waals surface area contributed by atoms with Gasteiger partial charge in [-0.25, -0.2) is 0 Å². The summed E-state index contributed by atoms with van der Waals surface area (Å²) in [4.78, 5) is 9.53. The van der Waals surface area contributed by atoms with Crippen molar-refractivity contribution in [3.05, 3.63) is 54.1 Å². The first-order valence-corrected chi connectivity index (χ1v) is 10.6. The molecular formula is C24H34N4O2. The van der Waals surface area contributed by atoms with E-state index in [0.717, 1.165) is 56.6 Å². The number of para-hydroxylation sites is 2. The summed E-state index contributed by atoms with van der Waals surface area (Å²) in [6, 6.07) is 16.4. The number of ether oxygens (including phenoxy) is 2. The molecule has 0 bridgehead atoms. The topological polar surface area (TPSA) is 49.3 Å². The molecule has 1 fully saturated rings. The lowest BCUT2D eigenvalue weighted by molar-refractivity contribution is 0.414. The lowest BCUT2D eigenvalue weighted by atomic mass is 10.1. The molecule has 1 atom stereocenters. The van der Waals surface area contributed by atoms with Gasteiger partial charge >= 0.3 is 0 Å². The highest BCUT2D eigenvalue weighted by atomic mass is 16.5. The van der Waals surface area contributed by atoms with Crippen molar-refractivity contribution in [2.45, 2.75) is 19.9 Å². The van der Waals surface area contributed by atoms with Crippen molar-refractivity contribution in [3.8, 4) is 11.5 Å². The molecule has 6 nitrogen and oxygen atoms in total. The Labute approximate surface area is 180 Å². The molecule has 2 aromatic rings. The number of benzene rings is 2. The second kappa shape index (κ2) is 10.8. The van der Waals surface area contributed by atoms with E-state index in [1.165, 1.54) is 11.3 Å². The molecular weight excluding hydrogens is 376 g/mol. The van der Waals surface area contributed by atoms with Gasteiger partial charge in [0.15, 0.2) is 5.96 Å². The van der Waals surface area contributed by atoms with Crippen LogP contribution in [0, 0.1) is 5.92 Å². The molecule has 1 heterocycles. The van der Waals surface area contributed by atoms with Crippen molar-refractivity contribution in [3.63, 3.8) is 0 Å². The van der Waals surface area contributed by atoms with Crippen LogP contribution in [0.3, 0.4) is 0 Å². The number of guanidine groups is 1. The minimum atomic E-state index is 0.540. The van der Waals surface area contributed by atoms with Crippen molar-refractivity contribution in [1.29, 1.82) is 0 Å². The fraction of sp³-hybridized carbons (Fsp3) is 0.458. The van der Waals surface area contributed by atoms with E-state index in [-0.39, 0.29) is 0 Å². The summed E-state index contributed by atoms with van der Waals surface area (Å²) >= 11 is 0. The zero-order chi connectivity index (χ0) is 21.3. The number of nitrogens with zero attached hydrogens (tertiary/aromatic N) is 3. The number of hydrogen-bond acceptors (Lipinski definition) is 4. The number of aliphatic imine (C=N–C) groups is 1. The highest BCUT2D eigenvalue weighted by Gasteiger charge is 2.24. The second-order valence-corrected chi connectivity index (χ2v) is 7.67. The smallest absolute Gasteiger partial charge is 0.193 e. The van der Waals surface area contributed by atoms with E-state index in [1.54, 1.807) is 14.2 Å². The van der Waals surface area contributed by atoms with Gasteiger partial charge in [0.2, 0.25) is 0 Å². The molecule has 0 amide bonds. The Morgan fingerprint density at radius 2 is 1.90 bits per heavy atom. The predicted molar refractivity (Wildman–Crippen MR) is 124 cm³/mol. The third-order valence-electron chi connectivity index (χ3n) is 5.49. The van der Waals surface area contributed by atoms with Crippen LogP contribution in [0.25, 0.3) is 0 Å². The maximum atomic E-state index is 5.53. The number of methoxy groups -OCH3 is 2. The highest BCUT2D eigenvalue weighted by Crippen LogP contribution is 2.32. The Bertz CT molecular complexity index is 822. The average Bonchev–Trinajstić information content (AvgIpc) is 3.26. The van der Waals surface area contributed by atoms with Gasteiger partial charge in [0.05, 0.1) is 19.9 Å². The van der Waals surface area contributed by atoms with Crippen LogP contribution in [0.2, 0.25) is 0 Å². The van der Waals surface area contributed by atoms with E-state index in [0.29, 0.717) is 5.92 Å². The quantitative estimate of drug-likeness (QED) is 0.532. The Balaban J connectivity index is 1.60. The van der Waals surface area contributed by atoms with Gasteiger partial charge in [0, 0.05) is 39.8 Å². The Hall–Kier alpha value is -2.89. The van der Waals surface area contributed by atoms with Gasteiger partial charge in [0.1, 0.15) is 11.5 Å². The molecule has 162 valence electrons. The first-order chi connectivity index (χ1) is 14.6. The van der Waals surface area contributed by atoms with Crippen molar-refractivity contribution < 1.29 is 9.47 Å². The SMILES string of the molecule is CCNC(=NCC1CCN(c2ccccc2OC)C1)N(C)Cc1ccc(OC)cc1. The Morgan fingerprint density at radius 3 is 2.60 bits per heavy atom. The van der Waals surface area contributed by atoms with Crippen LogP contribution in [-0.2, 0) is 6.54 Å². The van der Waals surface area contributed by atoms with Crippen LogP contribution in [0.15, 0.2) is 53.5 Å². The van der Waals surface area contributed by atoms with Crippen molar-refractivity contribution in [2.75, 3.05) is 52.3 Å². The van der Waals surface area contributed by atoms with E-state index in [2.05, 4.69) is 53.4 Å². The minimum absolute atomic E-state index is 0.540. The molecule has 1 N–H and O–H groups in total. The third-order valence-corrected chi connectivity index (χ3v) is 5.49. The second-order valence-electron chi connectivity index (χ2n) is 7.67. The summed E-state index contributed by atoms with van der Waals surface area (Å²) in [5, 5.41) is 3.43. The van der Waals surface area contributed by atoms with Crippen molar-refractivity contribution in [1.82, 2.24) is 10.2 Å². The zero-order valence-electron chi connectivity index (χ0n) is 18.6. The summed E-state index contributed by atoms with van der Waals surface area (Å²) in [6.45, 7) is 6.62. The first-order valence-electron chi connectivity index (χ1n) is 10.6. The number of nitrogens with one attached hydrogen (secondary N) is 1. The fourth-order valence-corrected chi connectivity index (χ4v) is 3.86. The van der Waals surface area contributed by atoms with E-state index in [1.807, 2.05) is 24.3 Å². The van der Waals surface area contributed by atoms with Crippen LogP contribution in [-0.4, -0.2) is 58.3 Å². The fourth-order valence-electron chi connectivity index (χ4n) is 3.86. The summed E-state index contributed by atoms with van der Waals surface area (Å²) in [5.74, 6) is 3.30. The Kier molecular flexibility index (Phi) is 7.82. The predicted octanol–water partition coefficient (Wildman–Crippen LogP) is 3.63. The maximum absolute atomic E-state index is 5.53. The molecule has 30 heavy (non-hydrogen) atoms. The minimum Gasteiger partial charge on any atom is -0.497 e. The normalized spacial score (nSPS) is 16.5. The van der Waals surface area contributed by atoms with Gasteiger partial charge in [-0.3, -0.25) is 4.99 Å². The lowest BCUT2D eigenvalue weighted by Gasteiger charge is -2.23. The molecule has 1 aliphatic heterocycles. The van der Waals surface area contributed by atoms with Crippen LogP contribution in [0.4, 0.5) is 5.69 Å². The van der Waals surface area contributed by atoms with Gasteiger partial charge in [-0.05, 0) is 49.1 Å². The number of rotatable bonds is 8. The molecule has 6 heteroatoms. The lowest BCUT2D eigenvalue weighted by Crippen LogP contribution is -2.39. The number of anilines is 1. The van der Waals surface area contributed by atoms with Gasteiger partial charge in [0.25, 0.3) is 0 Å². The molecule has 1 aliphatic rings. The van der Waals surface area contributed by atoms with Crippen LogP contribution in [0.5, 0.6) is 11.5 Å². The van der Waals surface area contributed by atoms with Crippen LogP contribution < -0.4 is 19.7 Å². The van der Waals surface area contributed by atoms with Crippen LogP contribution >= 0.6 is 0 Å². The van der Waals surface area contributed by atoms with Gasteiger partial charge in [-0.15, -0.1) is 0 Å². The average molecular weight is 411 g/mol. The van der Waals surface area contributed by atoms with E-state index >= 15 is 0 Å². The largest absolute Gasteiger partial charge is 0.497 e. The molecule has 3 rings (SSSR count). The van der Waals surface area contributed by atoms with E-state index in [4.69, 9.17) is 14.5 Å². The number of hydrogen-bond donors (Lipinski definition) is 1. The summed E-state index contributed by atoms with van der Waals surface area (Å²) < 4.78 is 10.8. The van der Waals surface area contributed by atoms with E-state index < -0.39 is 0 Å². The summed E-state index contributed by atoms with van der Waals surface area (Å²) in [5.41, 5.74) is 2.40. The molecule has 0 spiro atoms. The molecule has 0 radical (unpaired) electrons. The maximum Gasteiger partial charge on any atom is 0.193 e. The van der Waals surface area contributed by atoms with E-state index in [9.17, 15) is 0 Å². The summed E-state index contributed by atoms with van der Waals surface area (Å²) in [6.07, 6.45) is 1.14. The molecule has 1 saturated heterocycles. The zero-order valence-corrected chi connectivity index (χ0v) is 18.6. The molecule has 0 aliphatic carbocycles. The van der Waals surface area contributed by atoms with Crippen molar-refractivity contribution in [2.24, 2.45) is 10.9 Å². The summed E-state index contributed by atoms with van der Waals surface area (Å²) in [7, 11) is 5.51. The monoisotopic (exact) mass is 410 g/mol. The van der Waals surface area contributed by atoms with Crippen molar-refractivity contribution >= 4 is 11.6 Å². The third kappa shape index (κ3) is 5.59. The first kappa shape index (κ1) is 21.8. The Morgan fingerprint density at radius 1 is 1.13 bits per heavy atom. The highest BCUT2D eigenvalue weighted by molar-refractivity contribution is 5.79. The van der Waals surface area contributed by atoms with Gasteiger partial charge in [-0.1, -0.05) is 24.3 Å². The molecule has 0 aromatic heterocycles. The van der Waals surface area contributed by atoms with Gasteiger partial charge in [-0.2, -0.15) is 0 Å². The molecule has 0 saturated carbocycles. The van der Waals surface area contributed by atoms with Crippen LogP contribution in [0.1, 0.15) is 18.9 Å². The molecule has 2 aromatic carbocycles. The molecule has 1 unspecified atom stereocenters. The van der Waals surface area contributed by atoms with Gasteiger partial charge < -0.3 is 24.6 Å². The standard InChI is InChI=1S/C24H34N4O2/c1-5-25-24(27(2)17-19-10-12-21(29-3)13-11-19)26-16-20-14-15-28(18-20)22-8-6-7-9-23(22)30-4/h6-13,20H,5,14-18H2,1-4H3,(H,25,26).